The van der Waals surface area contributed by atoms with Crippen molar-refractivity contribution in [2.45, 2.75) is 47.6 Å². The van der Waals surface area contributed by atoms with Gasteiger partial charge in [-0.15, -0.1) is 0 Å². The highest BCUT2D eigenvalue weighted by molar-refractivity contribution is 6.06. The fraction of sp³-hybridized carbons (Fsp3) is 0.458. The van der Waals surface area contributed by atoms with E-state index in [1.165, 1.54) is 36.3 Å². The van der Waals surface area contributed by atoms with Crippen LogP contribution < -0.4 is 0 Å². The van der Waals surface area contributed by atoms with Crippen LogP contribution >= 0.6 is 0 Å². The number of hydrogen-bond donors (Lipinski definition) is 0. The van der Waals surface area contributed by atoms with Crippen molar-refractivity contribution < 1.29 is 23.5 Å². The Bertz CT molecular complexity index is 978. The number of ether oxygens (including phenoxy) is 1. The van der Waals surface area contributed by atoms with Crippen LogP contribution in [0.2, 0.25) is 0 Å². The van der Waals surface area contributed by atoms with E-state index in [1.807, 2.05) is 20.8 Å². The summed E-state index contributed by atoms with van der Waals surface area (Å²) in [5.41, 5.74) is 2.16. The molecule has 2 rings (SSSR count). The first-order valence-electron chi connectivity index (χ1n) is 10.5. The number of halogens is 1. The van der Waals surface area contributed by atoms with Crippen LogP contribution in [0.1, 0.15) is 69.7 Å². The van der Waals surface area contributed by atoms with Crippen molar-refractivity contribution in [3.05, 3.63) is 58.2 Å². The Balaban J connectivity index is 2.41. The van der Waals surface area contributed by atoms with E-state index in [4.69, 9.17) is 4.74 Å². The standard InChI is InChI=1S/C24H31FN2O4/c1-7-27-17(5)21(16(4)22(27)24(30)31-6)20(28)14-26(12-11-15(2)3)23(29)18-9-8-10-19(25)13-18/h8-10,13,15H,7,11-12,14H2,1-6H3. The number of esters is 1. The van der Waals surface area contributed by atoms with E-state index < -0.39 is 17.7 Å². The van der Waals surface area contributed by atoms with Gasteiger partial charge in [0.25, 0.3) is 5.91 Å². The molecule has 0 aliphatic heterocycles. The SMILES string of the molecule is CCn1c(C)c(C(=O)CN(CCC(C)C)C(=O)c2cccc(F)c2)c(C)c1C(=O)OC. The van der Waals surface area contributed by atoms with Crippen LogP contribution in [0.3, 0.4) is 0 Å². The summed E-state index contributed by atoms with van der Waals surface area (Å²) in [7, 11) is 1.30. The molecule has 0 atom stereocenters. The molecule has 0 radical (unpaired) electrons. The van der Waals surface area contributed by atoms with Gasteiger partial charge in [0.2, 0.25) is 0 Å². The Morgan fingerprint density at radius 1 is 1.19 bits per heavy atom. The fourth-order valence-electron chi connectivity index (χ4n) is 3.78. The van der Waals surface area contributed by atoms with Crippen LogP contribution in [0.4, 0.5) is 4.39 Å². The van der Waals surface area contributed by atoms with Gasteiger partial charge in [-0.2, -0.15) is 0 Å². The highest BCUT2D eigenvalue weighted by atomic mass is 19.1. The van der Waals surface area contributed by atoms with Gasteiger partial charge in [-0.25, -0.2) is 9.18 Å². The lowest BCUT2D eigenvalue weighted by Crippen LogP contribution is -2.37. The summed E-state index contributed by atoms with van der Waals surface area (Å²) in [5.74, 6) is -1.34. The molecule has 2 aromatic rings. The van der Waals surface area contributed by atoms with Crippen molar-refractivity contribution in [3.63, 3.8) is 0 Å². The van der Waals surface area contributed by atoms with Crippen LogP contribution in [-0.2, 0) is 11.3 Å². The summed E-state index contributed by atoms with van der Waals surface area (Å²) in [6.07, 6.45) is 0.704. The number of rotatable bonds is 9. The number of benzene rings is 1. The summed E-state index contributed by atoms with van der Waals surface area (Å²) in [5, 5.41) is 0. The number of Topliss-reactive ketones (excluding diaryl/α,β-unsaturated/α-hetero) is 1. The molecule has 6 nitrogen and oxygen atoms in total. The minimum Gasteiger partial charge on any atom is -0.464 e. The van der Waals surface area contributed by atoms with Gasteiger partial charge in [0, 0.05) is 29.9 Å². The molecule has 0 saturated heterocycles. The smallest absolute Gasteiger partial charge is 0.354 e. The Hall–Kier alpha value is -2.96. The van der Waals surface area contributed by atoms with E-state index in [9.17, 15) is 18.8 Å². The number of hydrogen-bond acceptors (Lipinski definition) is 4. The first-order chi connectivity index (χ1) is 14.6. The van der Waals surface area contributed by atoms with E-state index in [2.05, 4.69) is 0 Å². The highest BCUT2D eigenvalue weighted by Crippen LogP contribution is 2.24. The Morgan fingerprint density at radius 3 is 2.42 bits per heavy atom. The maximum Gasteiger partial charge on any atom is 0.354 e. The molecule has 168 valence electrons. The average Bonchev–Trinajstić information content (AvgIpc) is 2.99. The number of methoxy groups -OCH3 is 1. The van der Waals surface area contributed by atoms with E-state index in [0.29, 0.717) is 47.9 Å². The number of carbonyl (C=O) groups excluding carboxylic acids is 3. The Kier molecular flexibility index (Phi) is 8.14. The molecular formula is C24H31FN2O4. The lowest BCUT2D eigenvalue weighted by atomic mass is 10.0. The maximum atomic E-state index is 13.6. The van der Waals surface area contributed by atoms with E-state index in [0.717, 1.165) is 0 Å². The second-order valence-electron chi connectivity index (χ2n) is 8.01. The zero-order valence-corrected chi connectivity index (χ0v) is 19.1. The van der Waals surface area contributed by atoms with Crippen LogP contribution in [0.25, 0.3) is 0 Å². The second kappa shape index (κ2) is 10.4. The number of nitrogens with zero attached hydrogens (tertiary/aromatic N) is 2. The summed E-state index contributed by atoms with van der Waals surface area (Å²) < 4.78 is 20.3. The van der Waals surface area contributed by atoms with Gasteiger partial charge in [0.15, 0.2) is 5.78 Å². The second-order valence-corrected chi connectivity index (χ2v) is 8.01. The van der Waals surface area contributed by atoms with Crippen molar-refractivity contribution in [2.75, 3.05) is 20.2 Å². The van der Waals surface area contributed by atoms with Gasteiger partial charge in [0.05, 0.1) is 13.7 Å². The minimum atomic E-state index is -0.506. The van der Waals surface area contributed by atoms with Crippen molar-refractivity contribution in [3.8, 4) is 0 Å². The average molecular weight is 431 g/mol. The summed E-state index contributed by atoms with van der Waals surface area (Å²) >= 11 is 0. The molecule has 0 saturated carbocycles. The van der Waals surface area contributed by atoms with Gasteiger partial charge in [-0.05, 0) is 56.9 Å². The van der Waals surface area contributed by atoms with Crippen molar-refractivity contribution in [2.24, 2.45) is 5.92 Å². The van der Waals surface area contributed by atoms with Gasteiger partial charge in [-0.3, -0.25) is 9.59 Å². The topological polar surface area (TPSA) is 68.6 Å². The third kappa shape index (κ3) is 5.40. The Labute approximate surface area is 183 Å². The predicted molar refractivity (Wildman–Crippen MR) is 117 cm³/mol. The van der Waals surface area contributed by atoms with Crippen LogP contribution in [0.15, 0.2) is 24.3 Å². The van der Waals surface area contributed by atoms with E-state index in [1.54, 1.807) is 18.4 Å². The first kappa shape index (κ1) is 24.3. The number of ketones is 1. The molecule has 31 heavy (non-hydrogen) atoms. The molecule has 1 aromatic carbocycles. The molecule has 1 heterocycles. The zero-order valence-electron chi connectivity index (χ0n) is 19.1. The molecule has 0 aliphatic carbocycles. The maximum absolute atomic E-state index is 13.6. The van der Waals surface area contributed by atoms with E-state index >= 15 is 0 Å². The summed E-state index contributed by atoms with van der Waals surface area (Å²) in [4.78, 5) is 40.1. The van der Waals surface area contributed by atoms with Crippen molar-refractivity contribution >= 4 is 17.7 Å². The van der Waals surface area contributed by atoms with Crippen LogP contribution in [0, 0.1) is 25.6 Å². The van der Waals surface area contributed by atoms with Gasteiger partial charge in [-0.1, -0.05) is 19.9 Å². The molecule has 0 N–H and O–H groups in total. The molecule has 0 unspecified atom stereocenters. The molecule has 1 aromatic heterocycles. The third-order valence-corrected chi connectivity index (χ3v) is 5.41. The van der Waals surface area contributed by atoms with Gasteiger partial charge in [0.1, 0.15) is 11.5 Å². The first-order valence-corrected chi connectivity index (χ1v) is 10.5. The largest absolute Gasteiger partial charge is 0.464 e. The fourth-order valence-corrected chi connectivity index (χ4v) is 3.78. The molecule has 0 fully saturated rings. The lowest BCUT2D eigenvalue weighted by Gasteiger charge is -2.23. The van der Waals surface area contributed by atoms with Crippen LogP contribution in [-0.4, -0.2) is 47.3 Å². The van der Waals surface area contributed by atoms with E-state index in [-0.39, 0.29) is 17.9 Å². The molecule has 0 aliphatic rings. The zero-order chi connectivity index (χ0) is 23.3. The lowest BCUT2D eigenvalue weighted by molar-refractivity contribution is 0.0587. The summed E-state index contributed by atoms with van der Waals surface area (Å²) in [6, 6.07) is 5.46. The molecule has 7 heteroatoms. The number of aromatic nitrogens is 1. The number of carbonyl (C=O) groups is 3. The number of amides is 1. The van der Waals surface area contributed by atoms with Gasteiger partial charge < -0.3 is 14.2 Å². The monoisotopic (exact) mass is 430 g/mol. The predicted octanol–water partition coefficient (Wildman–Crippen LogP) is 4.42. The Morgan fingerprint density at radius 2 is 1.87 bits per heavy atom. The molecule has 0 spiro atoms. The third-order valence-electron chi connectivity index (χ3n) is 5.41. The van der Waals surface area contributed by atoms with Crippen molar-refractivity contribution in [1.82, 2.24) is 9.47 Å². The molecule has 0 bridgehead atoms. The van der Waals surface area contributed by atoms with Crippen molar-refractivity contribution in [1.29, 1.82) is 0 Å². The minimum absolute atomic E-state index is 0.155. The van der Waals surface area contributed by atoms with Crippen LogP contribution in [0.5, 0.6) is 0 Å². The summed E-state index contributed by atoms with van der Waals surface area (Å²) in [6.45, 7) is 10.2. The van der Waals surface area contributed by atoms with Gasteiger partial charge >= 0.3 is 5.97 Å². The molecule has 1 amide bonds. The normalized spacial score (nSPS) is 11.0. The highest BCUT2D eigenvalue weighted by Gasteiger charge is 2.28. The quantitative estimate of drug-likeness (QED) is 0.436. The molecular weight excluding hydrogens is 399 g/mol.